The summed E-state index contributed by atoms with van der Waals surface area (Å²) in [6.45, 7) is 4.20. The summed E-state index contributed by atoms with van der Waals surface area (Å²) >= 11 is 5.89. The summed E-state index contributed by atoms with van der Waals surface area (Å²) < 4.78 is 5.79. The standard InChI is InChI=1S/C26H23ClN2O3/c1-17-5-3-4-6-20(17)16-29-23-15-22(12-13-24(23)32-18(2)26(29)31)28-25(30)14-9-19-7-10-21(27)11-8-19/h3-15,18H,16H2,1-2H3,(H,28,30)/b14-9+. The lowest BCUT2D eigenvalue weighted by molar-refractivity contribution is -0.125. The number of ether oxygens (including phenoxy) is 1. The SMILES string of the molecule is Cc1ccccc1CN1C(=O)C(C)Oc2ccc(NC(=O)/C=C/c3ccc(Cl)cc3)cc21. The fourth-order valence-corrected chi connectivity index (χ4v) is 3.66. The van der Waals surface area contributed by atoms with E-state index in [1.54, 1.807) is 48.2 Å². The van der Waals surface area contributed by atoms with Crippen LogP contribution in [0.25, 0.3) is 6.08 Å². The van der Waals surface area contributed by atoms with E-state index in [4.69, 9.17) is 16.3 Å². The monoisotopic (exact) mass is 446 g/mol. The third-order valence-electron chi connectivity index (χ3n) is 5.32. The lowest BCUT2D eigenvalue weighted by Gasteiger charge is -2.33. The van der Waals surface area contributed by atoms with Crippen molar-refractivity contribution in [3.8, 4) is 5.75 Å². The minimum Gasteiger partial charge on any atom is -0.479 e. The topological polar surface area (TPSA) is 58.6 Å². The van der Waals surface area contributed by atoms with Crippen molar-refractivity contribution in [1.82, 2.24) is 0 Å². The molecule has 1 atom stereocenters. The molecule has 0 radical (unpaired) electrons. The second-order valence-corrected chi connectivity index (χ2v) is 8.10. The lowest BCUT2D eigenvalue weighted by Crippen LogP contribution is -2.44. The predicted octanol–water partition coefficient (Wildman–Crippen LogP) is 5.61. The van der Waals surface area contributed by atoms with Gasteiger partial charge in [-0.05, 0) is 66.9 Å². The number of hydrogen-bond donors (Lipinski definition) is 1. The Kier molecular flexibility index (Phi) is 6.28. The Hall–Kier alpha value is -3.57. The molecule has 0 saturated carbocycles. The zero-order chi connectivity index (χ0) is 22.7. The Morgan fingerprint density at radius 3 is 2.62 bits per heavy atom. The van der Waals surface area contributed by atoms with E-state index in [-0.39, 0.29) is 11.8 Å². The Labute approximate surface area is 192 Å². The van der Waals surface area contributed by atoms with Gasteiger partial charge in [-0.3, -0.25) is 9.59 Å². The van der Waals surface area contributed by atoms with Gasteiger partial charge in [-0.25, -0.2) is 0 Å². The van der Waals surface area contributed by atoms with E-state index >= 15 is 0 Å². The number of aryl methyl sites for hydroxylation is 1. The maximum Gasteiger partial charge on any atom is 0.268 e. The molecule has 162 valence electrons. The molecule has 0 aliphatic carbocycles. The largest absolute Gasteiger partial charge is 0.479 e. The number of halogens is 1. The molecular formula is C26H23ClN2O3. The normalized spacial score (nSPS) is 15.4. The van der Waals surface area contributed by atoms with Gasteiger partial charge in [-0.2, -0.15) is 0 Å². The highest BCUT2D eigenvalue weighted by Crippen LogP contribution is 2.37. The number of carbonyl (C=O) groups is 2. The third kappa shape index (κ3) is 4.84. The second kappa shape index (κ2) is 9.28. The van der Waals surface area contributed by atoms with Crippen LogP contribution in [0.3, 0.4) is 0 Å². The maximum atomic E-state index is 12.9. The van der Waals surface area contributed by atoms with E-state index in [0.29, 0.717) is 28.7 Å². The fourth-order valence-electron chi connectivity index (χ4n) is 3.54. The number of benzene rings is 3. The van der Waals surface area contributed by atoms with Gasteiger partial charge in [0.15, 0.2) is 6.10 Å². The summed E-state index contributed by atoms with van der Waals surface area (Å²) in [5.74, 6) is 0.217. The van der Waals surface area contributed by atoms with Gasteiger partial charge in [-0.1, -0.05) is 48.0 Å². The van der Waals surface area contributed by atoms with Gasteiger partial charge in [0.2, 0.25) is 5.91 Å². The first-order chi connectivity index (χ1) is 15.4. The maximum absolute atomic E-state index is 12.9. The molecule has 4 rings (SSSR count). The highest BCUT2D eigenvalue weighted by molar-refractivity contribution is 6.30. The van der Waals surface area contributed by atoms with Gasteiger partial charge in [0, 0.05) is 16.8 Å². The number of hydrogen-bond acceptors (Lipinski definition) is 3. The molecule has 6 heteroatoms. The van der Waals surface area contributed by atoms with Gasteiger partial charge in [0.05, 0.1) is 12.2 Å². The van der Waals surface area contributed by atoms with Crippen LogP contribution in [0, 0.1) is 6.92 Å². The number of amides is 2. The average Bonchev–Trinajstić information content (AvgIpc) is 2.78. The molecule has 0 spiro atoms. The molecule has 3 aromatic carbocycles. The molecule has 1 aliphatic heterocycles. The zero-order valence-electron chi connectivity index (χ0n) is 17.8. The molecule has 0 aromatic heterocycles. The van der Waals surface area contributed by atoms with E-state index in [0.717, 1.165) is 16.7 Å². The molecule has 1 N–H and O–H groups in total. The molecule has 1 heterocycles. The fraction of sp³-hybridized carbons (Fsp3) is 0.154. The number of fused-ring (bicyclic) bond motifs is 1. The van der Waals surface area contributed by atoms with E-state index in [1.165, 1.54) is 6.08 Å². The van der Waals surface area contributed by atoms with E-state index in [2.05, 4.69) is 5.32 Å². The Balaban J connectivity index is 1.55. The molecule has 1 aliphatic rings. The third-order valence-corrected chi connectivity index (χ3v) is 5.57. The predicted molar refractivity (Wildman–Crippen MR) is 128 cm³/mol. The van der Waals surface area contributed by atoms with Gasteiger partial charge < -0.3 is 15.0 Å². The Morgan fingerprint density at radius 2 is 1.88 bits per heavy atom. The summed E-state index contributed by atoms with van der Waals surface area (Å²) in [5, 5.41) is 3.49. The lowest BCUT2D eigenvalue weighted by atomic mass is 10.1. The zero-order valence-corrected chi connectivity index (χ0v) is 18.6. The molecule has 32 heavy (non-hydrogen) atoms. The van der Waals surface area contributed by atoms with Crippen LogP contribution >= 0.6 is 11.6 Å². The molecule has 5 nitrogen and oxygen atoms in total. The van der Waals surface area contributed by atoms with Crippen molar-refractivity contribution in [3.05, 3.63) is 94.5 Å². The molecule has 0 bridgehead atoms. The van der Waals surface area contributed by atoms with Crippen LogP contribution in [0.5, 0.6) is 5.75 Å². The van der Waals surface area contributed by atoms with Crippen LogP contribution in [0.2, 0.25) is 5.02 Å². The van der Waals surface area contributed by atoms with Crippen LogP contribution in [0.1, 0.15) is 23.6 Å². The van der Waals surface area contributed by atoms with Crippen LogP contribution in [0.15, 0.2) is 72.8 Å². The number of rotatable bonds is 5. The molecule has 2 amide bonds. The van der Waals surface area contributed by atoms with Gasteiger partial charge in [0.1, 0.15) is 5.75 Å². The van der Waals surface area contributed by atoms with E-state index in [9.17, 15) is 9.59 Å². The molecular weight excluding hydrogens is 424 g/mol. The van der Waals surface area contributed by atoms with Crippen LogP contribution < -0.4 is 15.0 Å². The number of anilines is 2. The molecule has 0 fully saturated rings. The van der Waals surface area contributed by atoms with Crippen molar-refractivity contribution in [2.75, 3.05) is 10.2 Å². The highest BCUT2D eigenvalue weighted by atomic mass is 35.5. The summed E-state index contributed by atoms with van der Waals surface area (Å²) in [4.78, 5) is 27.0. The summed E-state index contributed by atoms with van der Waals surface area (Å²) in [6, 6.07) is 20.5. The molecule has 0 saturated heterocycles. The van der Waals surface area contributed by atoms with Gasteiger partial charge in [0.25, 0.3) is 5.91 Å². The number of nitrogens with zero attached hydrogens (tertiary/aromatic N) is 1. The Bertz CT molecular complexity index is 1190. The smallest absolute Gasteiger partial charge is 0.268 e. The first-order valence-electron chi connectivity index (χ1n) is 10.3. The van der Waals surface area contributed by atoms with E-state index in [1.807, 2.05) is 43.3 Å². The quantitative estimate of drug-likeness (QED) is 0.518. The minimum atomic E-state index is -0.575. The van der Waals surface area contributed by atoms with Crippen molar-refractivity contribution in [2.45, 2.75) is 26.5 Å². The summed E-state index contributed by atoms with van der Waals surface area (Å²) in [7, 11) is 0. The first kappa shape index (κ1) is 21.7. The van der Waals surface area contributed by atoms with Gasteiger partial charge >= 0.3 is 0 Å². The van der Waals surface area contributed by atoms with E-state index < -0.39 is 6.10 Å². The minimum absolute atomic E-state index is 0.119. The second-order valence-electron chi connectivity index (χ2n) is 7.67. The summed E-state index contributed by atoms with van der Waals surface area (Å²) in [5.41, 5.74) is 4.25. The summed E-state index contributed by atoms with van der Waals surface area (Å²) in [6.07, 6.45) is 2.59. The molecule has 3 aromatic rings. The number of nitrogens with one attached hydrogen (secondary N) is 1. The van der Waals surface area contributed by atoms with Crippen molar-refractivity contribution < 1.29 is 14.3 Å². The van der Waals surface area contributed by atoms with Crippen molar-refractivity contribution in [2.24, 2.45) is 0 Å². The number of carbonyl (C=O) groups excluding carboxylic acids is 2. The van der Waals surface area contributed by atoms with Crippen LogP contribution in [-0.4, -0.2) is 17.9 Å². The Morgan fingerprint density at radius 1 is 1.12 bits per heavy atom. The van der Waals surface area contributed by atoms with Crippen molar-refractivity contribution >= 4 is 40.9 Å². The highest BCUT2D eigenvalue weighted by Gasteiger charge is 2.32. The van der Waals surface area contributed by atoms with Gasteiger partial charge in [-0.15, -0.1) is 0 Å². The van der Waals surface area contributed by atoms with Crippen LogP contribution in [-0.2, 0) is 16.1 Å². The average molecular weight is 447 g/mol. The van der Waals surface area contributed by atoms with Crippen molar-refractivity contribution in [1.29, 1.82) is 0 Å². The first-order valence-corrected chi connectivity index (χ1v) is 10.7. The van der Waals surface area contributed by atoms with Crippen LogP contribution in [0.4, 0.5) is 11.4 Å². The molecule has 1 unspecified atom stereocenters. The van der Waals surface area contributed by atoms with Crippen molar-refractivity contribution in [3.63, 3.8) is 0 Å².